The van der Waals surface area contributed by atoms with E-state index in [-0.39, 0.29) is 17.3 Å². The molecular formula is C20H29N5O3S. The van der Waals surface area contributed by atoms with Crippen LogP contribution in [0.1, 0.15) is 32.1 Å². The minimum Gasteiger partial charge on any atom is -0.385 e. The van der Waals surface area contributed by atoms with Gasteiger partial charge in [-0.05, 0) is 43.5 Å². The Hall–Kier alpha value is -2.26. The SMILES string of the molecule is COCCCn1c(SCC(=O)Nc2ccc(N3CCCCCC3)cc2)n[nH]c1=O. The molecule has 2 N–H and O–H groups in total. The molecular weight excluding hydrogens is 390 g/mol. The second-order valence-corrected chi connectivity index (χ2v) is 8.04. The molecule has 0 radical (unpaired) electrons. The van der Waals surface area contributed by atoms with Gasteiger partial charge >= 0.3 is 5.69 Å². The van der Waals surface area contributed by atoms with Gasteiger partial charge < -0.3 is 15.0 Å². The number of nitrogens with one attached hydrogen (secondary N) is 2. The van der Waals surface area contributed by atoms with Gasteiger partial charge in [0.2, 0.25) is 5.91 Å². The number of H-pyrrole nitrogens is 1. The molecule has 2 heterocycles. The lowest BCUT2D eigenvalue weighted by Gasteiger charge is -2.22. The number of hydrogen-bond donors (Lipinski definition) is 2. The Morgan fingerprint density at radius 1 is 1.21 bits per heavy atom. The highest BCUT2D eigenvalue weighted by atomic mass is 32.2. The van der Waals surface area contributed by atoms with E-state index < -0.39 is 0 Å². The second-order valence-electron chi connectivity index (χ2n) is 7.09. The summed E-state index contributed by atoms with van der Waals surface area (Å²) in [4.78, 5) is 26.6. The van der Waals surface area contributed by atoms with Crippen molar-refractivity contribution in [3.8, 4) is 0 Å². The highest BCUT2D eigenvalue weighted by Gasteiger charge is 2.13. The minimum atomic E-state index is -0.270. The number of amides is 1. The van der Waals surface area contributed by atoms with Crippen molar-refractivity contribution < 1.29 is 9.53 Å². The van der Waals surface area contributed by atoms with Gasteiger partial charge in [-0.1, -0.05) is 24.6 Å². The molecule has 9 heteroatoms. The Kier molecular flexibility index (Phi) is 8.18. The molecule has 1 amide bonds. The van der Waals surface area contributed by atoms with E-state index in [1.807, 2.05) is 12.1 Å². The number of aromatic amines is 1. The van der Waals surface area contributed by atoms with Crippen LogP contribution in [0.5, 0.6) is 0 Å². The van der Waals surface area contributed by atoms with Crippen molar-refractivity contribution in [2.45, 2.75) is 43.8 Å². The standard InChI is InChI=1S/C20H29N5O3S/c1-28-14-6-13-25-19(27)22-23-20(25)29-15-18(26)21-16-7-9-17(10-8-16)24-11-4-2-3-5-12-24/h7-10H,2-6,11-15H2,1H3,(H,21,26)(H,22,27). The molecule has 1 aromatic heterocycles. The molecule has 8 nitrogen and oxygen atoms in total. The van der Waals surface area contributed by atoms with Crippen molar-refractivity contribution in [2.24, 2.45) is 0 Å². The van der Waals surface area contributed by atoms with Gasteiger partial charge in [0.15, 0.2) is 5.16 Å². The number of hydrogen-bond acceptors (Lipinski definition) is 6. The van der Waals surface area contributed by atoms with E-state index in [0.29, 0.717) is 24.7 Å². The first-order valence-corrected chi connectivity index (χ1v) is 11.1. The van der Waals surface area contributed by atoms with Gasteiger partial charge in [0.05, 0.1) is 5.75 Å². The average Bonchev–Trinajstić information content (AvgIpc) is 2.92. The van der Waals surface area contributed by atoms with Crippen molar-refractivity contribution in [1.82, 2.24) is 14.8 Å². The summed E-state index contributed by atoms with van der Waals surface area (Å²) in [5.41, 5.74) is 1.71. The molecule has 2 aromatic rings. The number of methoxy groups -OCH3 is 1. The number of rotatable bonds is 9. The Morgan fingerprint density at radius 2 is 1.93 bits per heavy atom. The monoisotopic (exact) mass is 419 g/mol. The van der Waals surface area contributed by atoms with Crippen LogP contribution in [-0.2, 0) is 16.1 Å². The first kappa shape index (κ1) is 21.4. The van der Waals surface area contributed by atoms with Gasteiger partial charge in [-0.2, -0.15) is 0 Å². The van der Waals surface area contributed by atoms with Gasteiger partial charge in [0, 0.05) is 44.7 Å². The van der Waals surface area contributed by atoms with Gasteiger partial charge in [-0.3, -0.25) is 9.36 Å². The van der Waals surface area contributed by atoms with Crippen molar-refractivity contribution in [2.75, 3.05) is 42.8 Å². The molecule has 158 valence electrons. The van der Waals surface area contributed by atoms with Crippen molar-refractivity contribution in [3.63, 3.8) is 0 Å². The van der Waals surface area contributed by atoms with Crippen LogP contribution in [0.4, 0.5) is 11.4 Å². The average molecular weight is 420 g/mol. The van der Waals surface area contributed by atoms with Crippen LogP contribution in [0.2, 0.25) is 0 Å². The van der Waals surface area contributed by atoms with Gasteiger partial charge in [0.1, 0.15) is 0 Å². The summed E-state index contributed by atoms with van der Waals surface area (Å²) in [5.74, 6) is 0.0547. The molecule has 3 rings (SSSR count). The maximum atomic E-state index is 12.3. The highest BCUT2D eigenvalue weighted by Crippen LogP contribution is 2.22. The zero-order valence-corrected chi connectivity index (χ0v) is 17.7. The highest BCUT2D eigenvalue weighted by molar-refractivity contribution is 7.99. The fourth-order valence-corrected chi connectivity index (χ4v) is 4.16. The molecule has 0 spiro atoms. The predicted octanol–water partition coefficient (Wildman–Crippen LogP) is 2.72. The number of carbonyl (C=O) groups is 1. The van der Waals surface area contributed by atoms with Gasteiger partial charge in [-0.25, -0.2) is 9.89 Å². The number of ether oxygens (including phenoxy) is 1. The van der Waals surface area contributed by atoms with Gasteiger partial charge in [-0.15, -0.1) is 5.10 Å². The fraction of sp³-hybridized carbons (Fsp3) is 0.550. The van der Waals surface area contributed by atoms with E-state index in [2.05, 4.69) is 32.5 Å². The number of anilines is 2. The molecule has 0 saturated carbocycles. The van der Waals surface area contributed by atoms with Crippen LogP contribution in [-0.4, -0.2) is 53.2 Å². The lowest BCUT2D eigenvalue weighted by atomic mass is 10.2. The maximum absolute atomic E-state index is 12.3. The third-order valence-corrected chi connectivity index (χ3v) is 5.88. The normalized spacial score (nSPS) is 14.6. The van der Waals surface area contributed by atoms with E-state index >= 15 is 0 Å². The number of aromatic nitrogens is 3. The van der Waals surface area contributed by atoms with E-state index in [1.54, 1.807) is 7.11 Å². The molecule has 0 bridgehead atoms. The van der Waals surface area contributed by atoms with Crippen molar-refractivity contribution in [3.05, 3.63) is 34.7 Å². The third kappa shape index (κ3) is 6.37. The van der Waals surface area contributed by atoms with Crippen LogP contribution in [0, 0.1) is 0 Å². The largest absolute Gasteiger partial charge is 0.385 e. The molecule has 0 unspecified atom stereocenters. The van der Waals surface area contributed by atoms with E-state index in [4.69, 9.17) is 4.74 Å². The fourth-order valence-electron chi connectivity index (χ4n) is 3.39. The van der Waals surface area contributed by atoms with Crippen LogP contribution in [0.3, 0.4) is 0 Å². The molecule has 0 aliphatic carbocycles. The lowest BCUT2D eigenvalue weighted by Crippen LogP contribution is -2.23. The number of thioether (sulfide) groups is 1. The molecule has 0 atom stereocenters. The summed E-state index contributed by atoms with van der Waals surface area (Å²) in [6.45, 7) is 3.26. The summed E-state index contributed by atoms with van der Waals surface area (Å²) in [5, 5.41) is 9.87. The maximum Gasteiger partial charge on any atom is 0.343 e. The quantitative estimate of drug-likeness (QED) is 0.480. The van der Waals surface area contributed by atoms with Crippen LogP contribution < -0.4 is 15.9 Å². The van der Waals surface area contributed by atoms with Crippen molar-refractivity contribution >= 4 is 29.0 Å². The zero-order chi connectivity index (χ0) is 20.5. The minimum absolute atomic E-state index is 0.128. The number of benzene rings is 1. The number of nitrogens with zero attached hydrogens (tertiary/aromatic N) is 3. The summed E-state index contributed by atoms with van der Waals surface area (Å²) in [6.07, 6.45) is 5.79. The Labute approximate surface area is 175 Å². The molecule has 1 saturated heterocycles. The molecule has 29 heavy (non-hydrogen) atoms. The first-order chi connectivity index (χ1) is 14.2. The Balaban J connectivity index is 1.50. The first-order valence-electron chi connectivity index (χ1n) is 10.1. The van der Waals surface area contributed by atoms with Crippen LogP contribution in [0.25, 0.3) is 0 Å². The Morgan fingerprint density at radius 3 is 2.62 bits per heavy atom. The summed E-state index contributed by atoms with van der Waals surface area (Å²) < 4.78 is 6.55. The van der Waals surface area contributed by atoms with Crippen molar-refractivity contribution in [1.29, 1.82) is 0 Å². The predicted molar refractivity (Wildman–Crippen MR) is 116 cm³/mol. The Bertz CT molecular complexity index is 825. The third-order valence-electron chi connectivity index (χ3n) is 4.91. The summed E-state index contributed by atoms with van der Waals surface area (Å²) >= 11 is 1.24. The van der Waals surface area contributed by atoms with E-state index in [1.165, 1.54) is 47.7 Å². The molecule has 1 aliphatic rings. The molecule has 1 fully saturated rings. The second kappa shape index (κ2) is 11.1. The van der Waals surface area contributed by atoms with E-state index in [9.17, 15) is 9.59 Å². The van der Waals surface area contributed by atoms with Crippen LogP contribution >= 0.6 is 11.8 Å². The van der Waals surface area contributed by atoms with E-state index in [0.717, 1.165) is 18.8 Å². The number of carbonyl (C=O) groups excluding carboxylic acids is 1. The summed E-state index contributed by atoms with van der Waals surface area (Å²) in [6, 6.07) is 8.01. The smallest absolute Gasteiger partial charge is 0.343 e. The lowest BCUT2D eigenvalue weighted by molar-refractivity contribution is -0.113. The molecule has 1 aromatic carbocycles. The van der Waals surface area contributed by atoms with Gasteiger partial charge in [0.25, 0.3) is 0 Å². The molecule has 1 aliphatic heterocycles. The zero-order valence-electron chi connectivity index (χ0n) is 16.9. The topological polar surface area (TPSA) is 92.2 Å². The summed E-state index contributed by atoms with van der Waals surface area (Å²) in [7, 11) is 1.62. The van der Waals surface area contributed by atoms with Crippen LogP contribution in [0.15, 0.2) is 34.2 Å².